The molecular formula is C18H22. The molecule has 0 aliphatic carbocycles. The quantitative estimate of drug-likeness (QED) is 0.699. The first kappa shape index (κ1) is 12.9. The van der Waals surface area contributed by atoms with Crippen molar-refractivity contribution < 1.29 is 0 Å². The summed E-state index contributed by atoms with van der Waals surface area (Å²) in [6.07, 6.45) is 0. The smallest absolute Gasteiger partial charge is 0.00376 e. The number of hydrogen-bond acceptors (Lipinski definition) is 0. The summed E-state index contributed by atoms with van der Waals surface area (Å²) in [7, 11) is 0. The van der Waals surface area contributed by atoms with Gasteiger partial charge in [-0.05, 0) is 29.4 Å². The predicted molar refractivity (Wildman–Crippen MR) is 79.1 cm³/mol. The summed E-state index contributed by atoms with van der Waals surface area (Å²) in [6, 6.07) is 19.7. The molecule has 0 heterocycles. The van der Waals surface area contributed by atoms with Crippen LogP contribution >= 0.6 is 0 Å². The molecule has 1 atom stereocenters. The van der Waals surface area contributed by atoms with Crippen molar-refractivity contribution >= 4 is 0 Å². The Labute approximate surface area is 111 Å². The molecule has 94 valence electrons. The minimum absolute atomic E-state index is 0.148. The van der Waals surface area contributed by atoms with E-state index in [1.807, 2.05) is 0 Å². The Bertz CT molecular complexity index is 491. The lowest BCUT2D eigenvalue weighted by molar-refractivity contribution is 0.436. The molecule has 0 spiro atoms. The fourth-order valence-corrected chi connectivity index (χ4v) is 2.39. The molecule has 2 aromatic rings. The van der Waals surface area contributed by atoms with Crippen LogP contribution in [0.1, 0.15) is 43.4 Å². The molecule has 2 rings (SSSR count). The van der Waals surface area contributed by atoms with E-state index in [4.69, 9.17) is 0 Å². The largest absolute Gasteiger partial charge is 0.0622 e. The van der Waals surface area contributed by atoms with Gasteiger partial charge in [0.05, 0.1) is 0 Å². The van der Waals surface area contributed by atoms with Crippen LogP contribution in [0, 0.1) is 6.92 Å². The van der Waals surface area contributed by atoms with E-state index in [0.29, 0.717) is 5.92 Å². The number of benzene rings is 2. The van der Waals surface area contributed by atoms with Crippen LogP contribution in [-0.4, -0.2) is 0 Å². The fourth-order valence-electron chi connectivity index (χ4n) is 2.39. The molecule has 0 radical (unpaired) electrons. The Morgan fingerprint density at radius 1 is 0.833 bits per heavy atom. The highest BCUT2D eigenvalue weighted by Gasteiger charge is 2.28. The number of aryl methyl sites for hydroxylation is 1. The third-order valence-electron chi connectivity index (χ3n) is 4.18. The summed E-state index contributed by atoms with van der Waals surface area (Å²) in [4.78, 5) is 0. The summed E-state index contributed by atoms with van der Waals surface area (Å²) in [5, 5.41) is 0. The molecule has 0 heteroatoms. The Hall–Kier alpha value is -1.56. The Morgan fingerprint density at radius 2 is 1.39 bits per heavy atom. The fraction of sp³-hybridized carbons (Fsp3) is 0.333. The van der Waals surface area contributed by atoms with Gasteiger partial charge in [-0.25, -0.2) is 0 Å². The van der Waals surface area contributed by atoms with Crippen LogP contribution in [-0.2, 0) is 5.41 Å². The molecule has 0 amide bonds. The second kappa shape index (κ2) is 4.97. The van der Waals surface area contributed by atoms with Crippen LogP contribution < -0.4 is 0 Å². The number of rotatable bonds is 3. The summed E-state index contributed by atoms with van der Waals surface area (Å²) in [5.41, 5.74) is 4.28. The van der Waals surface area contributed by atoms with Gasteiger partial charge in [0.1, 0.15) is 0 Å². The topological polar surface area (TPSA) is 0 Å². The SMILES string of the molecule is Cc1ccc(C(C)(C)C(C)c2ccccc2)cc1. The van der Waals surface area contributed by atoms with Crippen molar-refractivity contribution in [1.82, 2.24) is 0 Å². The van der Waals surface area contributed by atoms with E-state index >= 15 is 0 Å². The molecule has 0 aliphatic rings. The molecule has 0 N–H and O–H groups in total. The summed E-state index contributed by atoms with van der Waals surface area (Å²) < 4.78 is 0. The Kier molecular flexibility index (Phi) is 3.56. The van der Waals surface area contributed by atoms with Gasteiger partial charge in [-0.15, -0.1) is 0 Å². The monoisotopic (exact) mass is 238 g/mol. The molecule has 0 aromatic heterocycles. The normalized spacial score (nSPS) is 13.3. The standard InChI is InChI=1S/C18H22/c1-14-10-12-17(13-11-14)18(3,4)15(2)16-8-6-5-7-9-16/h5-13,15H,1-4H3. The number of hydrogen-bond donors (Lipinski definition) is 0. The molecule has 18 heavy (non-hydrogen) atoms. The first-order valence-corrected chi connectivity index (χ1v) is 6.64. The van der Waals surface area contributed by atoms with E-state index in [9.17, 15) is 0 Å². The maximum absolute atomic E-state index is 2.33. The van der Waals surface area contributed by atoms with Crippen LogP contribution in [0.5, 0.6) is 0 Å². The van der Waals surface area contributed by atoms with Crippen molar-refractivity contribution in [2.24, 2.45) is 0 Å². The highest BCUT2D eigenvalue weighted by Crippen LogP contribution is 2.38. The van der Waals surface area contributed by atoms with Gasteiger partial charge in [0.25, 0.3) is 0 Å². The van der Waals surface area contributed by atoms with E-state index in [0.717, 1.165) is 0 Å². The highest BCUT2D eigenvalue weighted by atomic mass is 14.3. The van der Waals surface area contributed by atoms with E-state index < -0.39 is 0 Å². The maximum Gasteiger partial charge on any atom is -0.00376 e. The van der Waals surface area contributed by atoms with Gasteiger partial charge in [-0.2, -0.15) is 0 Å². The van der Waals surface area contributed by atoms with E-state index in [2.05, 4.69) is 82.3 Å². The minimum atomic E-state index is 0.148. The Morgan fingerprint density at radius 3 is 1.94 bits per heavy atom. The minimum Gasteiger partial charge on any atom is -0.0622 e. The van der Waals surface area contributed by atoms with Gasteiger partial charge >= 0.3 is 0 Å². The van der Waals surface area contributed by atoms with E-state index in [1.165, 1.54) is 16.7 Å². The summed E-state index contributed by atoms with van der Waals surface area (Å²) >= 11 is 0. The molecule has 0 bridgehead atoms. The predicted octanol–water partition coefficient (Wildman–Crippen LogP) is 5.08. The third-order valence-corrected chi connectivity index (χ3v) is 4.18. The van der Waals surface area contributed by atoms with Gasteiger partial charge < -0.3 is 0 Å². The zero-order valence-electron chi connectivity index (χ0n) is 11.8. The zero-order chi connectivity index (χ0) is 13.2. The van der Waals surface area contributed by atoms with Crippen molar-refractivity contribution in [2.45, 2.75) is 39.0 Å². The van der Waals surface area contributed by atoms with Crippen LogP contribution in [0.15, 0.2) is 54.6 Å². The van der Waals surface area contributed by atoms with Crippen LogP contribution in [0.2, 0.25) is 0 Å². The van der Waals surface area contributed by atoms with E-state index in [1.54, 1.807) is 0 Å². The van der Waals surface area contributed by atoms with Crippen molar-refractivity contribution in [3.05, 3.63) is 71.3 Å². The summed E-state index contributed by atoms with van der Waals surface area (Å²) in [5.74, 6) is 0.501. The molecular weight excluding hydrogens is 216 g/mol. The van der Waals surface area contributed by atoms with Gasteiger partial charge in [-0.1, -0.05) is 80.9 Å². The molecule has 0 saturated carbocycles. The lowest BCUT2D eigenvalue weighted by atomic mass is 9.71. The average molecular weight is 238 g/mol. The van der Waals surface area contributed by atoms with Crippen LogP contribution in [0.4, 0.5) is 0 Å². The molecule has 0 nitrogen and oxygen atoms in total. The third kappa shape index (κ3) is 2.48. The summed E-state index contributed by atoms with van der Waals surface area (Å²) in [6.45, 7) is 9.11. The van der Waals surface area contributed by atoms with Gasteiger partial charge in [0, 0.05) is 0 Å². The maximum atomic E-state index is 2.33. The van der Waals surface area contributed by atoms with Crippen LogP contribution in [0.25, 0.3) is 0 Å². The average Bonchev–Trinajstić information content (AvgIpc) is 2.39. The van der Waals surface area contributed by atoms with E-state index in [-0.39, 0.29) is 5.41 Å². The first-order chi connectivity index (χ1) is 8.51. The van der Waals surface area contributed by atoms with Crippen molar-refractivity contribution in [1.29, 1.82) is 0 Å². The zero-order valence-corrected chi connectivity index (χ0v) is 11.8. The lowest BCUT2D eigenvalue weighted by Gasteiger charge is -2.33. The van der Waals surface area contributed by atoms with Crippen molar-refractivity contribution in [3.8, 4) is 0 Å². The van der Waals surface area contributed by atoms with Crippen LogP contribution in [0.3, 0.4) is 0 Å². The second-order valence-corrected chi connectivity index (χ2v) is 5.72. The molecule has 0 aliphatic heterocycles. The molecule has 0 saturated heterocycles. The lowest BCUT2D eigenvalue weighted by Crippen LogP contribution is -2.24. The molecule has 2 aromatic carbocycles. The van der Waals surface area contributed by atoms with Gasteiger partial charge in [-0.3, -0.25) is 0 Å². The first-order valence-electron chi connectivity index (χ1n) is 6.64. The van der Waals surface area contributed by atoms with Crippen molar-refractivity contribution in [3.63, 3.8) is 0 Å². The Balaban J connectivity index is 2.33. The van der Waals surface area contributed by atoms with Crippen molar-refractivity contribution in [2.75, 3.05) is 0 Å². The molecule has 0 fully saturated rings. The van der Waals surface area contributed by atoms with Gasteiger partial charge in [0.15, 0.2) is 0 Å². The molecule has 1 unspecified atom stereocenters. The van der Waals surface area contributed by atoms with Gasteiger partial charge in [0.2, 0.25) is 0 Å². The second-order valence-electron chi connectivity index (χ2n) is 5.72. The highest BCUT2D eigenvalue weighted by molar-refractivity contribution is 5.33.